The topological polar surface area (TPSA) is 69.0 Å². The lowest BCUT2D eigenvalue weighted by Gasteiger charge is -2.32. The van der Waals surface area contributed by atoms with Gasteiger partial charge in [0.05, 0.1) is 11.3 Å². The summed E-state index contributed by atoms with van der Waals surface area (Å²) in [5, 5.41) is 11.1. The number of amides is 1. The van der Waals surface area contributed by atoms with Crippen molar-refractivity contribution in [1.29, 1.82) is 5.26 Å². The van der Waals surface area contributed by atoms with Crippen LogP contribution < -0.4 is 10.2 Å². The molecule has 0 aliphatic carbocycles. The number of carbonyl (C=O) groups is 1. The molecule has 2 heterocycles. The van der Waals surface area contributed by atoms with E-state index in [1.54, 1.807) is 12.1 Å². The minimum atomic E-state index is -1.61. The van der Waals surface area contributed by atoms with E-state index in [0.717, 1.165) is 18.0 Å². The van der Waals surface area contributed by atoms with Crippen molar-refractivity contribution in [3.05, 3.63) is 53.5 Å². The minimum absolute atomic E-state index is 0.364. The molecule has 1 fully saturated rings. The van der Waals surface area contributed by atoms with E-state index in [9.17, 15) is 18.0 Å². The quantitative estimate of drug-likeness (QED) is 0.854. The summed E-state index contributed by atoms with van der Waals surface area (Å²) in [6, 6.07) is 7.19. The van der Waals surface area contributed by atoms with Gasteiger partial charge < -0.3 is 10.2 Å². The fourth-order valence-corrected chi connectivity index (χ4v) is 2.87. The Morgan fingerprint density at radius 1 is 1.15 bits per heavy atom. The van der Waals surface area contributed by atoms with Gasteiger partial charge in [0.25, 0.3) is 0 Å². The van der Waals surface area contributed by atoms with E-state index in [0.29, 0.717) is 31.5 Å². The third-order valence-corrected chi connectivity index (χ3v) is 4.36. The van der Waals surface area contributed by atoms with Crippen LogP contribution in [0, 0.1) is 34.7 Å². The maximum atomic E-state index is 13.7. The smallest absolute Gasteiger partial charge is 0.227 e. The number of rotatable bonds is 3. The van der Waals surface area contributed by atoms with Crippen molar-refractivity contribution in [1.82, 2.24) is 4.98 Å². The van der Waals surface area contributed by atoms with Gasteiger partial charge in [-0.2, -0.15) is 5.26 Å². The van der Waals surface area contributed by atoms with Gasteiger partial charge in [-0.15, -0.1) is 0 Å². The number of hydrogen-bond donors (Lipinski definition) is 1. The van der Waals surface area contributed by atoms with Gasteiger partial charge in [-0.3, -0.25) is 4.79 Å². The van der Waals surface area contributed by atoms with E-state index in [1.165, 1.54) is 6.20 Å². The summed E-state index contributed by atoms with van der Waals surface area (Å²) in [7, 11) is 0. The molecule has 1 amide bonds. The van der Waals surface area contributed by atoms with Gasteiger partial charge in [-0.1, -0.05) is 0 Å². The first-order valence-corrected chi connectivity index (χ1v) is 8.05. The fraction of sp³-hybridized carbons (Fsp3) is 0.278. The van der Waals surface area contributed by atoms with Gasteiger partial charge in [0.1, 0.15) is 11.9 Å². The van der Waals surface area contributed by atoms with Crippen LogP contribution in [0.15, 0.2) is 30.5 Å². The Balaban J connectivity index is 1.60. The number of nitrogens with one attached hydrogen (secondary N) is 1. The lowest BCUT2D eigenvalue weighted by Crippen LogP contribution is -2.38. The molecule has 0 radical (unpaired) electrons. The van der Waals surface area contributed by atoms with Crippen molar-refractivity contribution < 1.29 is 18.0 Å². The van der Waals surface area contributed by atoms with E-state index >= 15 is 0 Å². The first-order chi connectivity index (χ1) is 12.5. The largest absolute Gasteiger partial charge is 0.357 e. The highest BCUT2D eigenvalue weighted by atomic mass is 19.2. The summed E-state index contributed by atoms with van der Waals surface area (Å²) in [5.74, 6) is -4.39. The number of carbonyl (C=O) groups excluding carboxylic acids is 1. The van der Waals surface area contributed by atoms with E-state index < -0.39 is 23.4 Å². The lowest BCUT2D eigenvalue weighted by atomic mass is 9.95. The lowest BCUT2D eigenvalue weighted by molar-refractivity contribution is -0.120. The molecule has 3 rings (SSSR count). The molecular formula is C18H15F3N4O. The van der Waals surface area contributed by atoms with Gasteiger partial charge in [0, 0.05) is 25.2 Å². The molecule has 1 aromatic heterocycles. The molecule has 26 heavy (non-hydrogen) atoms. The Morgan fingerprint density at radius 2 is 1.88 bits per heavy atom. The SMILES string of the molecule is N#Cc1ccc(N2CCC(C(=O)Nc3ccc(F)c(F)c3F)CC2)nc1. The average Bonchev–Trinajstić information content (AvgIpc) is 2.68. The number of piperidine rings is 1. The standard InChI is InChI=1S/C18H15F3N4O/c19-13-2-3-14(17(21)16(13)20)24-18(26)12-5-7-25(8-6-12)15-4-1-11(9-22)10-23-15/h1-4,10,12H,5-8H2,(H,24,26). The van der Waals surface area contributed by atoms with Crippen LogP contribution in [0.3, 0.4) is 0 Å². The maximum absolute atomic E-state index is 13.7. The molecule has 5 nitrogen and oxygen atoms in total. The number of pyridine rings is 1. The molecule has 1 aliphatic heterocycles. The third kappa shape index (κ3) is 3.61. The highest BCUT2D eigenvalue weighted by Gasteiger charge is 2.26. The Kier molecular flexibility index (Phi) is 5.07. The van der Waals surface area contributed by atoms with Gasteiger partial charge in [-0.25, -0.2) is 18.2 Å². The monoisotopic (exact) mass is 360 g/mol. The fourth-order valence-electron chi connectivity index (χ4n) is 2.87. The third-order valence-electron chi connectivity index (χ3n) is 4.36. The van der Waals surface area contributed by atoms with Gasteiger partial charge in [0.2, 0.25) is 5.91 Å². The molecule has 1 aromatic carbocycles. The average molecular weight is 360 g/mol. The normalized spacial score (nSPS) is 14.8. The predicted molar refractivity (Wildman–Crippen MR) is 88.8 cm³/mol. The first-order valence-electron chi connectivity index (χ1n) is 8.05. The molecule has 1 saturated heterocycles. The number of nitriles is 1. The Labute approximate surface area is 148 Å². The second kappa shape index (κ2) is 7.44. The Bertz CT molecular complexity index is 856. The molecule has 0 unspecified atom stereocenters. The second-order valence-corrected chi connectivity index (χ2v) is 5.99. The van der Waals surface area contributed by atoms with Crippen LogP contribution in [0.5, 0.6) is 0 Å². The molecule has 1 aliphatic rings. The van der Waals surface area contributed by atoms with Crippen LogP contribution in [-0.4, -0.2) is 24.0 Å². The molecule has 1 N–H and O–H groups in total. The Hall–Kier alpha value is -3.08. The summed E-state index contributed by atoms with van der Waals surface area (Å²) in [6.45, 7) is 1.13. The van der Waals surface area contributed by atoms with Crippen LogP contribution >= 0.6 is 0 Å². The minimum Gasteiger partial charge on any atom is -0.357 e. The number of anilines is 2. The number of nitrogens with zero attached hydrogens (tertiary/aromatic N) is 3. The number of hydrogen-bond acceptors (Lipinski definition) is 4. The first kappa shape index (κ1) is 17.7. The summed E-state index contributed by atoms with van der Waals surface area (Å²) in [5.41, 5.74) is 0.0988. The second-order valence-electron chi connectivity index (χ2n) is 5.99. The van der Waals surface area contributed by atoms with E-state index in [1.807, 2.05) is 11.0 Å². The van der Waals surface area contributed by atoms with Crippen LogP contribution in [0.2, 0.25) is 0 Å². The summed E-state index contributed by atoms with van der Waals surface area (Å²) < 4.78 is 39.9. The van der Waals surface area contributed by atoms with E-state index in [2.05, 4.69) is 10.3 Å². The molecule has 8 heteroatoms. The molecule has 0 atom stereocenters. The van der Waals surface area contributed by atoms with Crippen molar-refractivity contribution in [2.24, 2.45) is 5.92 Å². The summed E-state index contributed by atoms with van der Waals surface area (Å²) >= 11 is 0. The molecule has 134 valence electrons. The van der Waals surface area contributed by atoms with Gasteiger partial charge in [-0.05, 0) is 37.1 Å². The maximum Gasteiger partial charge on any atom is 0.227 e. The predicted octanol–water partition coefficient (Wildman–Crippen LogP) is 3.23. The Morgan fingerprint density at radius 3 is 2.50 bits per heavy atom. The van der Waals surface area contributed by atoms with Crippen molar-refractivity contribution in [2.75, 3.05) is 23.3 Å². The molecule has 0 spiro atoms. The number of benzene rings is 1. The van der Waals surface area contributed by atoms with Gasteiger partial charge >= 0.3 is 0 Å². The zero-order chi connectivity index (χ0) is 18.7. The zero-order valence-electron chi connectivity index (χ0n) is 13.7. The molecular weight excluding hydrogens is 345 g/mol. The van der Waals surface area contributed by atoms with Crippen LogP contribution in [0.25, 0.3) is 0 Å². The number of halogens is 3. The number of aromatic nitrogens is 1. The van der Waals surface area contributed by atoms with Crippen molar-refractivity contribution in [2.45, 2.75) is 12.8 Å². The van der Waals surface area contributed by atoms with Crippen molar-refractivity contribution >= 4 is 17.4 Å². The van der Waals surface area contributed by atoms with Crippen molar-refractivity contribution in [3.8, 4) is 6.07 Å². The zero-order valence-corrected chi connectivity index (χ0v) is 13.7. The summed E-state index contributed by atoms with van der Waals surface area (Å²) in [6.07, 6.45) is 2.51. The van der Waals surface area contributed by atoms with Crippen LogP contribution in [0.1, 0.15) is 18.4 Å². The van der Waals surface area contributed by atoms with E-state index in [-0.39, 0.29) is 11.6 Å². The highest BCUT2D eigenvalue weighted by Crippen LogP contribution is 2.25. The van der Waals surface area contributed by atoms with E-state index in [4.69, 9.17) is 5.26 Å². The summed E-state index contributed by atoms with van der Waals surface area (Å²) in [4.78, 5) is 18.5. The van der Waals surface area contributed by atoms with Crippen LogP contribution in [0.4, 0.5) is 24.7 Å². The van der Waals surface area contributed by atoms with Gasteiger partial charge in [0.15, 0.2) is 17.5 Å². The molecule has 0 bridgehead atoms. The van der Waals surface area contributed by atoms with Crippen molar-refractivity contribution in [3.63, 3.8) is 0 Å². The highest BCUT2D eigenvalue weighted by molar-refractivity contribution is 5.92. The molecule has 0 saturated carbocycles. The van der Waals surface area contributed by atoms with Crippen LogP contribution in [-0.2, 0) is 4.79 Å². The molecule has 2 aromatic rings.